The van der Waals surface area contributed by atoms with Crippen molar-refractivity contribution in [1.82, 2.24) is 0 Å². The highest BCUT2D eigenvalue weighted by Gasteiger charge is 2.46. The van der Waals surface area contributed by atoms with Crippen LogP contribution < -0.4 is 0 Å². The van der Waals surface area contributed by atoms with Crippen molar-refractivity contribution in [3.63, 3.8) is 0 Å². The van der Waals surface area contributed by atoms with E-state index in [-0.39, 0.29) is 30.2 Å². The molecule has 1 fully saturated rings. The minimum absolute atomic E-state index is 0.0683. The van der Waals surface area contributed by atoms with Gasteiger partial charge in [0.1, 0.15) is 12.2 Å². The molecule has 162 valence electrons. The summed E-state index contributed by atoms with van der Waals surface area (Å²) in [5.74, 6) is -1.07. The maximum absolute atomic E-state index is 11.8. The van der Waals surface area contributed by atoms with Gasteiger partial charge in [-0.15, -0.1) is 0 Å². The molecule has 30 heavy (non-hydrogen) atoms. The summed E-state index contributed by atoms with van der Waals surface area (Å²) in [6, 6.07) is 20.1. The van der Waals surface area contributed by atoms with Crippen LogP contribution >= 0.6 is 0 Å². The van der Waals surface area contributed by atoms with Gasteiger partial charge in [-0.1, -0.05) is 67.6 Å². The van der Waals surface area contributed by atoms with Crippen molar-refractivity contribution in [2.24, 2.45) is 5.92 Å². The van der Waals surface area contributed by atoms with E-state index >= 15 is 0 Å². The van der Waals surface area contributed by atoms with Crippen LogP contribution in [0.2, 0.25) is 0 Å². The highest BCUT2D eigenvalue weighted by atomic mass is 16.8. The average molecular weight is 413 g/mol. The summed E-state index contributed by atoms with van der Waals surface area (Å²) in [5, 5.41) is 0. The topological polar surface area (TPSA) is 54.0 Å². The Balaban J connectivity index is 1.66. The zero-order chi connectivity index (χ0) is 21.6. The van der Waals surface area contributed by atoms with Crippen LogP contribution in [0.4, 0.5) is 0 Å². The lowest BCUT2D eigenvalue weighted by Crippen LogP contribution is -2.37. The first kappa shape index (κ1) is 22.5. The van der Waals surface area contributed by atoms with Crippen LogP contribution in [0.1, 0.15) is 51.3 Å². The van der Waals surface area contributed by atoms with Gasteiger partial charge in [0.2, 0.25) is 0 Å². The minimum Gasteiger partial charge on any atom is -0.462 e. The third-order valence-corrected chi connectivity index (χ3v) is 5.34. The number of hydrogen-bond acceptors (Lipinski definition) is 5. The molecule has 0 aromatic heterocycles. The molecule has 2 aromatic carbocycles. The fourth-order valence-corrected chi connectivity index (χ4v) is 3.89. The molecular weight excluding hydrogens is 380 g/mol. The molecule has 2 aromatic rings. The van der Waals surface area contributed by atoms with E-state index in [2.05, 4.69) is 6.92 Å². The Hall–Kier alpha value is -2.21. The molecule has 0 unspecified atom stereocenters. The van der Waals surface area contributed by atoms with Gasteiger partial charge in [-0.05, 0) is 25.0 Å². The van der Waals surface area contributed by atoms with E-state index in [0.717, 1.165) is 11.1 Å². The van der Waals surface area contributed by atoms with Crippen molar-refractivity contribution in [3.8, 4) is 0 Å². The smallest absolute Gasteiger partial charge is 0.302 e. The summed E-state index contributed by atoms with van der Waals surface area (Å²) in [6.45, 7) is 8.35. The fraction of sp³-hybridized carbons (Fsp3) is 0.480. The second kappa shape index (κ2) is 10.2. The van der Waals surface area contributed by atoms with E-state index in [0.29, 0.717) is 19.6 Å². The molecule has 4 atom stereocenters. The molecule has 1 saturated heterocycles. The molecule has 0 spiro atoms. The van der Waals surface area contributed by atoms with Gasteiger partial charge < -0.3 is 18.9 Å². The molecule has 0 bridgehead atoms. The van der Waals surface area contributed by atoms with E-state index in [4.69, 9.17) is 18.9 Å². The Morgan fingerprint density at radius 3 is 2.30 bits per heavy atom. The predicted molar refractivity (Wildman–Crippen MR) is 115 cm³/mol. The average Bonchev–Trinajstić information content (AvgIpc) is 3.06. The zero-order valence-corrected chi connectivity index (χ0v) is 18.2. The second-order valence-electron chi connectivity index (χ2n) is 8.27. The maximum atomic E-state index is 11.8. The van der Waals surface area contributed by atoms with Crippen molar-refractivity contribution in [2.45, 2.75) is 64.8 Å². The lowest BCUT2D eigenvalue weighted by molar-refractivity contribution is -0.163. The van der Waals surface area contributed by atoms with Crippen LogP contribution in [0.3, 0.4) is 0 Å². The first-order valence-corrected chi connectivity index (χ1v) is 10.6. The molecule has 1 aliphatic rings. The number of benzene rings is 2. The summed E-state index contributed by atoms with van der Waals surface area (Å²) < 4.78 is 24.0. The van der Waals surface area contributed by atoms with Crippen LogP contribution in [-0.4, -0.2) is 30.6 Å². The van der Waals surface area contributed by atoms with Gasteiger partial charge in [-0.3, -0.25) is 4.79 Å². The van der Waals surface area contributed by atoms with Crippen molar-refractivity contribution in [2.75, 3.05) is 6.61 Å². The summed E-state index contributed by atoms with van der Waals surface area (Å²) in [6.07, 6.45) is -0.192. The number of ether oxygens (including phenoxy) is 4. The van der Waals surface area contributed by atoms with Crippen LogP contribution in [0, 0.1) is 5.92 Å². The van der Waals surface area contributed by atoms with Gasteiger partial charge in [-0.2, -0.15) is 0 Å². The normalized spacial score (nSPS) is 22.4. The molecule has 1 aliphatic heterocycles. The summed E-state index contributed by atoms with van der Waals surface area (Å²) >= 11 is 0. The quantitative estimate of drug-likeness (QED) is 0.426. The number of carbonyl (C=O) groups excluding carboxylic acids is 1. The number of esters is 1. The monoisotopic (exact) mass is 412 g/mol. The van der Waals surface area contributed by atoms with Crippen molar-refractivity contribution in [3.05, 3.63) is 71.8 Å². The Morgan fingerprint density at radius 1 is 1.03 bits per heavy atom. The SMILES string of the molecule is CC(=O)O[C@@H](CCOCc1ccccc1)[C@H](C)[C@H]1OC(C)(C)O[C@@H]1c1ccccc1. The highest BCUT2D eigenvalue weighted by molar-refractivity contribution is 5.66. The van der Waals surface area contributed by atoms with Crippen LogP contribution in [0.25, 0.3) is 0 Å². The number of hydrogen-bond donors (Lipinski definition) is 0. The fourth-order valence-electron chi connectivity index (χ4n) is 3.89. The molecule has 0 aliphatic carbocycles. The highest BCUT2D eigenvalue weighted by Crippen LogP contribution is 2.42. The minimum atomic E-state index is -0.704. The summed E-state index contributed by atoms with van der Waals surface area (Å²) in [4.78, 5) is 11.8. The Labute approximate surface area is 179 Å². The predicted octanol–water partition coefficient (Wildman–Crippen LogP) is 5.05. The molecular formula is C25H32O5. The lowest BCUT2D eigenvalue weighted by atomic mass is 9.89. The Kier molecular flexibility index (Phi) is 7.64. The third-order valence-electron chi connectivity index (χ3n) is 5.34. The van der Waals surface area contributed by atoms with Crippen LogP contribution in [0.15, 0.2) is 60.7 Å². The molecule has 0 N–H and O–H groups in total. The van der Waals surface area contributed by atoms with Gasteiger partial charge in [0.15, 0.2) is 5.79 Å². The molecule has 1 heterocycles. The Bertz CT molecular complexity index is 790. The molecule has 5 nitrogen and oxygen atoms in total. The Morgan fingerprint density at radius 2 is 1.67 bits per heavy atom. The van der Waals surface area contributed by atoms with E-state index in [1.807, 2.05) is 74.5 Å². The first-order valence-electron chi connectivity index (χ1n) is 10.6. The molecule has 0 amide bonds. The summed E-state index contributed by atoms with van der Waals surface area (Å²) in [7, 11) is 0. The zero-order valence-electron chi connectivity index (χ0n) is 18.2. The van der Waals surface area contributed by atoms with Gasteiger partial charge in [-0.25, -0.2) is 0 Å². The van der Waals surface area contributed by atoms with Gasteiger partial charge in [0, 0.05) is 19.3 Å². The largest absolute Gasteiger partial charge is 0.462 e. The van der Waals surface area contributed by atoms with E-state index < -0.39 is 5.79 Å². The molecule has 0 saturated carbocycles. The number of carbonyl (C=O) groups is 1. The van der Waals surface area contributed by atoms with Crippen molar-refractivity contribution >= 4 is 5.97 Å². The molecule has 0 radical (unpaired) electrons. The summed E-state index contributed by atoms with van der Waals surface area (Å²) in [5.41, 5.74) is 2.18. The lowest BCUT2D eigenvalue weighted by Gasteiger charge is -2.30. The van der Waals surface area contributed by atoms with Crippen molar-refractivity contribution in [1.29, 1.82) is 0 Å². The van der Waals surface area contributed by atoms with E-state index in [1.165, 1.54) is 6.92 Å². The van der Waals surface area contributed by atoms with Crippen LogP contribution in [-0.2, 0) is 30.3 Å². The van der Waals surface area contributed by atoms with E-state index in [1.54, 1.807) is 0 Å². The first-order chi connectivity index (χ1) is 14.4. The second-order valence-corrected chi connectivity index (χ2v) is 8.27. The van der Waals surface area contributed by atoms with Crippen molar-refractivity contribution < 1.29 is 23.7 Å². The number of rotatable bonds is 9. The van der Waals surface area contributed by atoms with Gasteiger partial charge in [0.05, 0.1) is 19.3 Å². The molecule has 5 heteroatoms. The standard InChI is InChI=1S/C25H32O5/c1-18(23-24(30-25(3,4)29-23)21-13-9-6-10-14-21)22(28-19(2)26)15-16-27-17-20-11-7-5-8-12-20/h5-14,18,22-24H,15-17H2,1-4H3/t18-,22-,23+,24+/m0/s1. The third kappa shape index (κ3) is 6.14. The van der Waals surface area contributed by atoms with E-state index in [9.17, 15) is 4.79 Å². The van der Waals surface area contributed by atoms with Gasteiger partial charge in [0.25, 0.3) is 0 Å². The maximum Gasteiger partial charge on any atom is 0.302 e. The van der Waals surface area contributed by atoms with Gasteiger partial charge >= 0.3 is 5.97 Å². The van der Waals surface area contributed by atoms with Crippen LogP contribution in [0.5, 0.6) is 0 Å². The molecule has 3 rings (SSSR count).